The van der Waals surface area contributed by atoms with Crippen molar-refractivity contribution in [2.75, 3.05) is 6.54 Å². The molecule has 0 aliphatic rings. The van der Waals surface area contributed by atoms with Gasteiger partial charge in [-0.25, -0.2) is 4.98 Å². The number of aliphatic hydroxyl groups is 1. The first-order valence-corrected chi connectivity index (χ1v) is 7.59. The van der Waals surface area contributed by atoms with Gasteiger partial charge in [0, 0.05) is 18.9 Å². The molecule has 1 unspecified atom stereocenters. The topological polar surface area (TPSA) is 66.6 Å². The Morgan fingerprint density at radius 2 is 2.05 bits per heavy atom. The molecule has 0 radical (unpaired) electrons. The van der Waals surface area contributed by atoms with Crippen molar-refractivity contribution in [1.82, 2.24) is 14.7 Å². The summed E-state index contributed by atoms with van der Waals surface area (Å²) in [6.45, 7) is 0.137. The van der Waals surface area contributed by atoms with E-state index in [1.165, 1.54) is 0 Å². The van der Waals surface area contributed by atoms with Gasteiger partial charge in [0.2, 0.25) is 0 Å². The number of benzene rings is 1. The van der Waals surface area contributed by atoms with Crippen molar-refractivity contribution in [2.45, 2.75) is 6.10 Å². The van der Waals surface area contributed by atoms with E-state index in [0.717, 1.165) is 10.0 Å². The van der Waals surface area contributed by atoms with Crippen LogP contribution in [0.2, 0.25) is 0 Å². The third-order valence-electron chi connectivity index (χ3n) is 3.31. The minimum absolute atomic E-state index is 0.137. The fourth-order valence-corrected chi connectivity index (χ4v) is 2.61. The van der Waals surface area contributed by atoms with Crippen molar-refractivity contribution in [3.63, 3.8) is 0 Å². The number of hydrogen-bond donors (Lipinski definition) is 2. The van der Waals surface area contributed by atoms with Crippen molar-refractivity contribution < 1.29 is 9.90 Å². The second-order valence-corrected chi connectivity index (χ2v) is 5.70. The molecule has 5 nitrogen and oxygen atoms in total. The number of hydrogen-bond acceptors (Lipinski definition) is 3. The van der Waals surface area contributed by atoms with Crippen LogP contribution in [0.5, 0.6) is 0 Å². The lowest BCUT2D eigenvalue weighted by Crippen LogP contribution is -2.28. The summed E-state index contributed by atoms with van der Waals surface area (Å²) in [6.07, 6.45) is 2.74. The highest BCUT2D eigenvalue weighted by molar-refractivity contribution is 9.10. The number of fused-ring (bicyclic) bond motifs is 1. The summed E-state index contributed by atoms with van der Waals surface area (Å²) in [5, 5.41) is 12.7. The number of aliphatic hydroxyl groups excluding tert-OH is 1. The Morgan fingerprint density at radius 3 is 2.77 bits per heavy atom. The van der Waals surface area contributed by atoms with E-state index in [1.54, 1.807) is 10.6 Å². The lowest BCUT2D eigenvalue weighted by Gasteiger charge is -2.11. The van der Waals surface area contributed by atoms with Gasteiger partial charge in [-0.05, 0) is 33.6 Å². The molecule has 6 heteroatoms. The molecule has 112 valence electrons. The van der Waals surface area contributed by atoms with Crippen LogP contribution in [0.4, 0.5) is 0 Å². The summed E-state index contributed by atoms with van der Waals surface area (Å²) < 4.78 is 2.59. The largest absolute Gasteiger partial charge is 0.387 e. The van der Waals surface area contributed by atoms with Gasteiger partial charge in [-0.15, -0.1) is 0 Å². The van der Waals surface area contributed by atoms with E-state index in [-0.39, 0.29) is 12.5 Å². The Morgan fingerprint density at radius 1 is 1.27 bits per heavy atom. The van der Waals surface area contributed by atoms with Gasteiger partial charge in [0.05, 0.1) is 10.6 Å². The zero-order valence-electron chi connectivity index (χ0n) is 11.6. The summed E-state index contributed by atoms with van der Waals surface area (Å²) in [4.78, 5) is 16.4. The van der Waals surface area contributed by atoms with Crippen molar-refractivity contribution in [3.8, 4) is 0 Å². The monoisotopic (exact) mass is 359 g/mol. The maximum Gasteiger partial charge on any atom is 0.271 e. The summed E-state index contributed by atoms with van der Waals surface area (Å²) >= 11 is 3.40. The number of carbonyl (C=O) groups is 1. The smallest absolute Gasteiger partial charge is 0.271 e. The van der Waals surface area contributed by atoms with Crippen LogP contribution in [0, 0.1) is 0 Å². The molecule has 0 aliphatic carbocycles. The number of aromatic nitrogens is 2. The van der Waals surface area contributed by atoms with E-state index in [2.05, 4.69) is 26.2 Å². The first-order chi connectivity index (χ1) is 10.6. The van der Waals surface area contributed by atoms with E-state index in [9.17, 15) is 9.90 Å². The minimum atomic E-state index is -0.742. The normalized spacial score (nSPS) is 12.3. The molecule has 22 heavy (non-hydrogen) atoms. The molecule has 2 aromatic heterocycles. The van der Waals surface area contributed by atoms with Gasteiger partial charge < -0.3 is 14.8 Å². The maximum atomic E-state index is 12.1. The summed E-state index contributed by atoms with van der Waals surface area (Å²) in [5.74, 6) is -0.314. The van der Waals surface area contributed by atoms with E-state index in [1.807, 2.05) is 48.7 Å². The molecule has 1 aromatic carbocycles. The van der Waals surface area contributed by atoms with Gasteiger partial charge in [0.15, 0.2) is 5.65 Å². The zero-order valence-corrected chi connectivity index (χ0v) is 13.2. The van der Waals surface area contributed by atoms with Gasteiger partial charge >= 0.3 is 0 Å². The molecular formula is C16H14BrN3O2. The van der Waals surface area contributed by atoms with E-state index >= 15 is 0 Å². The number of imidazole rings is 1. The van der Waals surface area contributed by atoms with Crippen LogP contribution in [-0.2, 0) is 0 Å². The molecule has 0 spiro atoms. The number of rotatable bonds is 4. The molecule has 0 saturated carbocycles. The fraction of sp³-hybridized carbons (Fsp3) is 0.125. The summed E-state index contributed by atoms with van der Waals surface area (Å²) in [6, 6.07) is 12.9. The second-order valence-electron chi connectivity index (χ2n) is 4.85. The zero-order chi connectivity index (χ0) is 15.5. The van der Waals surface area contributed by atoms with Crippen molar-refractivity contribution in [2.24, 2.45) is 0 Å². The first-order valence-electron chi connectivity index (χ1n) is 6.79. The van der Waals surface area contributed by atoms with E-state index < -0.39 is 6.10 Å². The summed E-state index contributed by atoms with van der Waals surface area (Å²) in [5.41, 5.74) is 1.75. The van der Waals surface area contributed by atoms with Crippen molar-refractivity contribution in [3.05, 3.63) is 70.6 Å². The van der Waals surface area contributed by atoms with Crippen LogP contribution in [0.1, 0.15) is 22.2 Å². The molecule has 2 N–H and O–H groups in total. The predicted molar refractivity (Wildman–Crippen MR) is 86.6 cm³/mol. The summed E-state index contributed by atoms with van der Waals surface area (Å²) in [7, 11) is 0. The number of amides is 1. The molecule has 0 aliphatic heterocycles. The first kappa shape index (κ1) is 14.7. The number of nitrogens with one attached hydrogen (secondary N) is 1. The van der Waals surface area contributed by atoms with Crippen molar-refractivity contribution in [1.29, 1.82) is 0 Å². The SMILES string of the molecule is O=C(NCC(O)c1ccccc1)c1cn2cccc(Br)c2n1. The maximum absolute atomic E-state index is 12.1. The average molecular weight is 360 g/mol. The molecule has 0 fully saturated rings. The number of pyridine rings is 1. The molecule has 1 atom stereocenters. The third-order valence-corrected chi connectivity index (χ3v) is 3.93. The van der Waals surface area contributed by atoms with Crippen LogP contribution in [0.3, 0.4) is 0 Å². The fourth-order valence-electron chi connectivity index (χ4n) is 2.16. The lowest BCUT2D eigenvalue weighted by molar-refractivity contribution is 0.0912. The van der Waals surface area contributed by atoms with Crippen LogP contribution >= 0.6 is 15.9 Å². The Labute approximate surface area is 135 Å². The quantitative estimate of drug-likeness (QED) is 0.752. The van der Waals surface area contributed by atoms with Gasteiger partial charge in [-0.1, -0.05) is 30.3 Å². The van der Waals surface area contributed by atoms with Crippen LogP contribution in [0.15, 0.2) is 59.3 Å². The Kier molecular flexibility index (Phi) is 4.22. The molecule has 3 aromatic rings. The number of nitrogens with zero attached hydrogens (tertiary/aromatic N) is 2. The Balaban J connectivity index is 1.70. The van der Waals surface area contributed by atoms with Crippen molar-refractivity contribution >= 4 is 27.5 Å². The molecule has 1 amide bonds. The molecule has 3 rings (SSSR count). The van der Waals surface area contributed by atoms with E-state index in [0.29, 0.717) is 11.3 Å². The lowest BCUT2D eigenvalue weighted by atomic mass is 10.1. The second kappa shape index (κ2) is 6.29. The third kappa shape index (κ3) is 3.03. The highest BCUT2D eigenvalue weighted by Gasteiger charge is 2.14. The molecule has 0 saturated heterocycles. The molecule has 0 bridgehead atoms. The molecular weight excluding hydrogens is 346 g/mol. The van der Waals surface area contributed by atoms with Gasteiger partial charge in [-0.3, -0.25) is 4.79 Å². The van der Waals surface area contributed by atoms with Gasteiger partial charge in [0.1, 0.15) is 5.69 Å². The predicted octanol–water partition coefficient (Wildman–Crippen LogP) is 2.56. The van der Waals surface area contributed by atoms with Crippen LogP contribution in [-0.4, -0.2) is 26.9 Å². The highest BCUT2D eigenvalue weighted by Crippen LogP contribution is 2.17. The Hall–Kier alpha value is -2.18. The minimum Gasteiger partial charge on any atom is -0.387 e. The van der Waals surface area contributed by atoms with Gasteiger partial charge in [0.25, 0.3) is 5.91 Å². The van der Waals surface area contributed by atoms with Gasteiger partial charge in [-0.2, -0.15) is 0 Å². The highest BCUT2D eigenvalue weighted by atomic mass is 79.9. The number of carbonyl (C=O) groups excluding carboxylic acids is 1. The molecule has 2 heterocycles. The average Bonchev–Trinajstić information content (AvgIpc) is 2.99. The van der Waals surface area contributed by atoms with Crippen LogP contribution < -0.4 is 5.32 Å². The Bertz CT molecular complexity index is 802. The standard InChI is InChI=1S/C16H14BrN3O2/c17-12-7-4-8-20-10-13(19-15(12)20)16(22)18-9-14(21)11-5-2-1-3-6-11/h1-8,10,14,21H,9H2,(H,18,22). The van der Waals surface area contributed by atoms with Crippen LogP contribution in [0.25, 0.3) is 5.65 Å². The number of halogens is 1. The van der Waals surface area contributed by atoms with E-state index in [4.69, 9.17) is 0 Å².